The summed E-state index contributed by atoms with van der Waals surface area (Å²) in [6.45, 7) is 8.09. The van der Waals surface area contributed by atoms with Crippen LogP contribution in [0.1, 0.15) is 44.3 Å². The zero-order chi connectivity index (χ0) is 22.9. The van der Waals surface area contributed by atoms with Crippen molar-refractivity contribution in [3.05, 3.63) is 63.7 Å². The lowest BCUT2D eigenvalue weighted by Crippen LogP contribution is -2.58. The summed E-state index contributed by atoms with van der Waals surface area (Å²) in [5, 5.41) is 9.22. The Labute approximate surface area is 194 Å². The summed E-state index contributed by atoms with van der Waals surface area (Å²) in [4.78, 5) is 16.8. The quantitative estimate of drug-likeness (QED) is 0.653. The number of hydrogen-bond donors (Lipinski definition) is 0. The first-order valence-corrected chi connectivity index (χ1v) is 11.5. The van der Waals surface area contributed by atoms with E-state index in [1.54, 1.807) is 7.11 Å². The van der Waals surface area contributed by atoms with E-state index in [0.29, 0.717) is 30.6 Å². The molecule has 172 valence electrons. The minimum Gasteiger partial charge on any atom is -0.495 e. The van der Waals surface area contributed by atoms with Gasteiger partial charge in [-0.05, 0) is 48.2 Å². The van der Waals surface area contributed by atoms with Gasteiger partial charge in [0.2, 0.25) is 0 Å². The van der Waals surface area contributed by atoms with Crippen molar-refractivity contribution < 1.29 is 19.0 Å². The predicted octanol–water partition coefficient (Wildman–Crippen LogP) is 2.85. The SMILES string of the molecule is COc1cc([C@@H]2CN3CCN(CCc4ccc5c(c4C)COC5=O)C[C@@H]3CO2)ccc1C#N. The third-order valence-electron chi connectivity index (χ3n) is 7.27. The van der Waals surface area contributed by atoms with Gasteiger partial charge in [0, 0.05) is 44.3 Å². The highest BCUT2D eigenvalue weighted by atomic mass is 16.5. The summed E-state index contributed by atoms with van der Waals surface area (Å²) in [5.74, 6) is 0.397. The molecule has 5 rings (SSSR count). The number of morpholine rings is 1. The topological polar surface area (TPSA) is 75.0 Å². The molecular formula is C26H29N3O4. The monoisotopic (exact) mass is 447 g/mol. The Kier molecular flexibility index (Phi) is 6.07. The van der Waals surface area contributed by atoms with Crippen LogP contribution in [0.3, 0.4) is 0 Å². The van der Waals surface area contributed by atoms with Gasteiger partial charge >= 0.3 is 5.97 Å². The number of fused-ring (bicyclic) bond motifs is 2. The summed E-state index contributed by atoms with van der Waals surface area (Å²) < 4.78 is 16.8. The number of hydrogen-bond acceptors (Lipinski definition) is 7. The summed E-state index contributed by atoms with van der Waals surface area (Å²) >= 11 is 0. The van der Waals surface area contributed by atoms with E-state index in [1.165, 1.54) is 11.1 Å². The van der Waals surface area contributed by atoms with Gasteiger partial charge in [0.25, 0.3) is 0 Å². The van der Waals surface area contributed by atoms with Gasteiger partial charge in [-0.25, -0.2) is 4.79 Å². The number of esters is 1. The van der Waals surface area contributed by atoms with Crippen LogP contribution in [-0.2, 0) is 22.5 Å². The molecule has 3 heterocycles. The van der Waals surface area contributed by atoms with Crippen molar-refractivity contribution in [2.24, 2.45) is 0 Å². The molecule has 7 nitrogen and oxygen atoms in total. The smallest absolute Gasteiger partial charge is 0.338 e. The fourth-order valence-electron chi connectivity index (χ4n) is 5.20. The molecule has 0 bridgehead atoms. The van der Waals surface area contributed by atoms with Gasteiger partial charge in [0.05, 0.1) is 30.9 Å². The number of benzene rings is 2. The normalized spacial score (nSPS) is 22.9. The molecular weight excluding hydrogens is 418 g/mol. The molecule has 0 N–H and O–H groups in total. The van der Waals surface area contributed by atoms with Crippen LogP contribution in [-0.4, -0.2) is 68.3 Å². The maximum absolute atomic E-state index is 11.8. The van der Waals surface area contributed by atoms with Gasteiger partial charge in [-0.1, -0.05) is 12.1 Å². The van der Waals surface area contributed by atoms with E-state index < -0.39 is 0 Å². The van der Waals surface area contributed by atoms with E-state index in [1.807, 2.05) is 24.3 Å². The minimum atomic E-state index is -0.203. The zero-order valence-electron chi connectivity index (χ0n) is 19.2. The van der Waals surface area contributed by atoms with Gasteiger partial charge in [-0.15, -0.1) is 0 Å². The Bertz CT molecular complexity index is 1110. The number of carbonyl (C=O) groups is 1. The molecule has 3 aliphatic rings. The number of methoxy groups -OCH3 is 1. The molecule has 2 fully saturated rings. The maximum atomic E-state index is 11.8. The third-order valence-corrected chi connectivity index (χ3v) is 7.27. The summed E-state index contributed by atoms with van der Waals surface area (Å²) in [7, 11) is 1.59. The van der Waals surface area contributed by atoms with Crippen LogP contribution < -0.4 is 4.74 Å². The number of piperazine rings is 1. The molecule has 2 aromatic carbocycles. The molecule has 0 aliphatic carbocycles. The van der Waals surface area contributed by atoms with E-state index in [0.717, 1.165) is 55.8 Å². The Hall–Kier alpha value is -2.92. The zero-order valence-corrected chi connectivity index (χ0v) is 19.2. The lowest BCUT2D eigenvalue weighted by Gasteiger charge is -2.46. The predicted molar refractivity (Wildman–Crippen MR) is 122 cm³/mol. The van der Waals surface area contributed by atoms with Crippen LogP contribution in [0, 0.1) is 18.3 Å². The number of rotatable bonds is 5. The number of nitriles is 1. The maximum Gasteiger partial charge on any atom is 0.338 e. The van der Waals surface area contributed by atoms with Crippen LogP contribution in [0.5, 0.6) is 5.75 Å². The van der Waals surface area contributed by atoms with Crippen LogP contribution in [0.15, 0.2) is 30.3 Å². The summed E-state index contributed by atoms with van der Waals surface area (Å²) in [6, 6.07) is 12.3. The highest BCUT2D eigenvalue weighted by molar-refractivity contribution is 5.93. The second-order valence-corrected chi connectivity index (χ2v) is 9.04. The van der Waals surface area contributed by atoms with Gasteiger partial charge < -0.3 is 19.1 Å². The highest BCUT2D eigenvalue weighted by Crippen LogP contribution is 2.31. The van der Waals surface area contributed by atoms with Crippen molar-refractivity contribution in [1.82, 2.24) is 9.80 Å². The molecule has 33 heavy (non-hydrogen) atoms. The first-order chi connectivity index (χ1) is 16.1. The fraction of sp³-hybridized carbons (Fsp3) is 0.462. The first kappa shape index (κ1) is 21.9. The molecule has 2 aromatic rings. The molecule has 0 saturated carbocycles. The van der Waals surface area contributed by atoms with Crippen LogP contribution >= 0.6 is 0 Å². The van der Waals surface area contributed by atoms with Crippen molar-refractivity contribution >= 4 is 5.97 Å². The van der Waals surface area contributed by atoms with Crippen molar-refractivity contribution in [3.8, 4) is 11.8 Å². The van der Waals surface area contributed by atoms with Crippen molar-refractivity contribution in [2.75, 3.05) is 46.4 Å². The van der Waals surface area contributed by atoms with Crippen LogP contribution in [0.2, 0.25) is 0 Å². The summed E-state index contributed by atoms with van der Waals surface area (Å²) in [5.41, 5.74) is 5.86. The molecule has 0 amide bonds. The largest absolute Gasteiger partial charge is 0.495 e. The van der Waals surface area contributed by atoms with Gasteiger partial charge in [-0.2, -0.15) is 5.26 Å². The molecule has 2 atom stereocenters. The van der Waals surface area contributed by atoms with Crippen molar-refractivity contribution in [1.29, 1.82) is 5.26 Å². The van der Waals surface area contributed by atoms with Gasteiger partial charge in [-0.3, -0.25) is 4.90 Å². The van der Waals surface area contributed by atoms with E-state index in [9.17, 15) is 10.1 Å². The van der Waals surface area contributed by atoms with Crippen molar-refractivity contribution in [3.63, 3.8) is 0 Å². The molecule has 0 spiro atoms. The second-order valence-electron chi connectivity index (χ2n) is 9.04. The van der Waals surface area contributed by atoms with Crippen molar-refractivity contribution in [2.45, 2.75) is 32.1 Å². The van der Waals surface area contributed by atoms with E-state index in [4.69, 9.17) is 14.2 Å². The average molecular weight is 448 g/mol. The number of ether oxygens (including phenoxy) is 3. The molecule has 0 unspecified atom stereocenters. The molecule has 0 aromatic heterocycles. The highest BCUT2D eigenvalue weighted by Gasteiger charge is 2.34. The van der Waals surface area contributed by atoms with Crippen LogP contribution in [0.4, 0.5) is 0 Å². The number of carbonyl (C=O) groups excluding carboxylic acids is 1. The van der Waals surface area contributed by atoms with Gasteiger partial charge in [0.1, 0.15) is 18.4 Å². The average Bonchev–Trinajstić information content (AvgIpc) is 3.24. The van der Waals surface area contributed by atoms with Gasteiger partial charge in [0.15, 0.2) is 0 Å². The van der Waals surface area contributed by atoms with E-state index in [2.05, 4.69) is 28.9 Å². The fourth-order valence-corrected chi connectivity index (χ4v) is 5.20. The number of nitrogens with zero attached hydrogens (tertiary/aromatic N) is 3. The lowest BCUT2D eigenvalue weighted by atomic mass is 9.96. The Morgan fingerprint density at radius 1 is 1.21 bits per heavy atom. The molecule has 2 saturated heterocycles. The van der Waals surface area contributed by atoms with Crippen LogP contribution in [0.25, 0.3) is 0 Å². The van der Waals surface area contributed by atoms with E-state index >= 15 is 0 Å². The lowest BCUT2D eigenvalue weighted by molar-refractivity contribution is -0.0901. The summed E-state index contributed by atoms with van der Waals surface area (Å²) in [6.07, 6.45) is 0.961. The molecule has 3 aliphatic heterocycles. The Morgan fingerprint density at radius 2 is 2.09 bits per heavy atom. The second kappa shape index (κ2) is 9.14. The molecule has 7 heteroatoms. The van der Waals surface area contributed by atoms with E-state index in [-0.39, 0.29) is 12.1 Å². The first-order valence-electron chi connectivity index (χ1n) is 11.5. The Morgan fingerprint density at radius 3 is 2.91 bits per heavy atom. The molecule has 0 radical (unpaired) electrons. The standard InChI is InChI=1S/C26H29N3O4/c1-17-18(5-6-22-23(17)16-33-26(22)30)7-8-28-9-10-29-14-25(32-15-21(29)13-28)19-3-4-20(12-27)24(11-19)31-2/h3-6,11,21,25H,7-10,13-16H2,1-2H3/t21-,25+/m1/s1. The third kappa shape index (κ3) is 4.22. The Balaban J connectivity index is 1.18. The minimum absolute atomic E-state index is 0.00608. The number of cyclic esters (lactones) is 1.